The lowest BCUT2D eigenvalue weighted by atomic mass is 10.0. The maximum atomic E-state index is 6.07. The van der Waals surface area contributed by atoms with E-state index < -0.39 is 0 Å². The second-order valence-electron chi connectivity index (χ2n) is 6.06. The van der Waals surface area contributed by atoms with Crippen LogP contribution in [0.25, 0.3) is 0 Å². The first-order valence-electron chi connectivity index (χ1n) is 7.19. The summed E-state index contributed by atoms with van der Waals surface area (Å²) < 4.78 is 5.66. The topological polar surface area (TPSA) is 38.5 Å². The van der Waals surface area contributed by atoms with E-state index in [0.29, 0.717) is 17.3 Å². The van der Waals surface area contributed by atoms with Gasteiger partial charge in [0.1, 0.15) is 5.75 Å². The Bertz CT molecular complexity index is 462. The van der Waals surface area contributed by atoms with Crippen LogP contribution in [0.15, 0.2) is 18.2 Å². The van der Waals surface area contributed by atoms with Crippen LogP contribution in [0.4, 0.5) is 0 Å². The molecule has 0 bridgehead atoms. The fourth-order valence-corrected chi connectivity index (χ4v) is 4.06. The number of nitrogens with two attached hydrogens (primary N) is 1. The number of thioether (sulfide) groups is 1. The molecule has 0 aliphatic carbocycles. The molecule has 0 amide bonds. The largest absolute Gasteiger partial charge is 0.496 e. The minimum Gasteiger partial charge on any atom is -0.496 e. The van der Waals surface area contributed by atoms with Crippen molar-refractivity contribution < 1.29 is 4.74 Å². The summed E-state index contributed by atoms with van der Waals surface area (Å²) >= 11 is 2.05. The van der Waals surface area contributed by atoms with Crippen molar-refractivity contribution in [3.63, 3.8) is 0 Å². The molecule has 0 saturated carbocycles. The maximum absolute atomic E-state index is 6.07. The van der Waals surface area contributed by atoms with E-state index in [9.17, 15) is 0 Å². The van der Waals surface area contributed by atoms with Crippen LogP contribution in [0.5, 0.6) is 5.75 Å². The predicted molar refractivity (Wildman–Crippen MR) is 87.6 cm³/mol. The molecule has 2 N–H and O–H groups in total. The van der Waals surface area contributed by atoms with Crippen molar-refractivity contribution in [2.75, 3.05) is 32.5 Å². The van der Waals surface area contributed by atoms with E-state index in [0.717, 1.165) is 18.8 Å². The van der Waals surface area contributed by atoms with Crippen molar-refractivity contribution in [2.45, 2.75) is 31.6 Å². The molecule has 112 valence electrons. The molecule has 1 aliphatic heterocycles. The van der Waals surface area contributed by atoms with Gasteiger partial charge in [0.05, 0.1) is 7.11 Å². The Morgan fingerprint density at radius 3 is 2.75 bits per heavy atom. The molecule has 1 atom stereocenters. The Hall–Kier alpha value is -0.710. The second kappa shape index (κ2) is 6.37. The lowest BCUT2D eigenvalue weighted by molar-refractivity contribution is 0.192. The molecule has 2 rings (SSSR count). The summed E-state index contributed by atoms with van der Waals surface area (Å²) in [5, 5.41) is 0. The number of aryl methyl sites for hydroxylation is 1. The van der Waals surface area contributed by atoms with Crippen molar-refractivity contribution in [1.82, 2.24) is 4.90 Å². The standard InChI is InChI=1S/C16H26N2OS/c1-12-9-13(5-6-15(12)19-4)14(10-17)18-7-8-20-16(2,3)11-18/h5-6,9,14H,7-8,10-11,17H2,1-4H3. The highest BCUT2D eigenvalue weighted by atomic mass is 32.2. The van der Waals surface area contributed by atoms with Crippen LogP contribution in [0.2, 0.25) is 0 Å². The van der Waals surface area contributed by atoms with E-state index in [-0.39, 0.29) is 0 Å². The summed E-state index contributed by atoms with van der Waals surface area (Å²) in [7, 11) is 1.72. The van der Waals surface area contributed by atoms with E-state index in [4.69, 9.17) is 10.5 Å². The molecule has 1 saturated heterocycles. The summed E-state index contributed by atoms with van der Waals surface area (Å²) in [6.45, 7) is 9.58. The lowest BCUT2D eigenvalue weighted by Crippen LogP contribution is -2.46. The van der Waals surface area contributed by atoms with Crippen molar-refractivity contribution in [1.29, 1.82) is 0 Å². The van der Waals surface area contributed by atoms with Gasteiger partial charge in [-0.25, -0.2) is 0 Å². The van der Waals surface area contributed by atoms with Crippen molar-refractivity contribution in [3.05, 3.63) is 29.3 Å². The summed E-state index contributed by atoms with van der Waals surface area (Å²) in [4.78, 5) is 2.53. The number of benzene rings is 1. The Morgan fingerprint density at radius 1 is 1.45 bits per heavy atom. The zero-order chi connectivity index (χ0) is 14.8. The quantitative estimate of drug-likeness (QED) is 0.927. The maximum Gasteiger partial charge on any atom is 0.121 e. The summed E-state index contributed by atoms with van der Waals surface area (Å²) in [6.07, 6.45) is 0. The predicted octanol–water partition coefficient (Wildman–Crippen LogP) is 2.83. The molecule has 0 aromatic heterocycles. The van der Waals surface area contributed by atoms with E-state index >= 15 is 0 Å². The highest BCUT2D eigenvalue weighted by Gasteiger charge is 2.31. The van der Waals surface area contributed by atoms with Gasteiger partial charge in [0.15, 0.2) is 0 Å². The Morgan fingerprint density at radius 2 is 2.20 bits per heavy atom. The van der Waals surface area contributed by atoms with Gasteiger partial charge in [-0.05, 0) is 38.0 Å². The number of methoxy groups -OCH3 is 1. The fourth-order valence-electron chi connectivity index (χ4n) is 2.92. The van der Waals surface area contributed by atoms with Crippen molar-refractivity contribution in [3.8, 4) is 5.75 Å². The zero-order valence-corrected chi connectivity index (χ0v) is 13.8. The number of ether oxygens (including phenoxy) is 1. The molecule has 1 fully saturated rings. The van der Waals surface area contributed by atoms with E-state index in [1.54, 1.807) is 7.11 Å². The third-order valence-corrected chi connectivity index (χ3v) is 5.22. The molecule has 1 aromatic carbocycles. The Labute approximate surface area is 126 Å². The first-order valence-corrected chi connectivity index (χ1v) is 8.18. The minimum absolute atomic E-state index is 0.305. The molecule has 0 radical (unpaired) electrons. The zero-order valence-electron chi connectivity index (χ0n) is 13.0. The van der Waals surface area contributed by atoms with Gasteiger partial charge in [0.25, 0.3) is 0 Å². The molecule has 0 spiro atoms. The van der Waals surface area contributed by atoms with Gasteiger partial charge in [-0.2, -0.15) is 11.8 Å². The summed E-state index contributed by atoms with van der Waals surface area (Å²) in [5.74, 6) is 2.12. The molecule has 1 unspecified atom stereocenters. The van der Waals surface area contributed by atoms with Crippen LogP contribution < -0.4 is 10.5 Å². The molecule has 1 heterocycles. The number of hydrogen-bond acceptors (Lipinski definition) is 4. The average Bonchev–Trinajstić information content (AvgIpc) is 2.39. The minimum atomic E-state index is 0.305. The monoisotopic (exact) mass is 294 g/mol. The third-order valence-electron chi connectivity index (χ3n) is 3.92. The fraction of sp³-hybridized carbons (Fsp3) is 0.625. The van der Waals surface area contributed by atoms with Gasteiger partial charge in [0, 0.05) is 36.2 Å². The molecule has 4 heteroatoms. The molecule has 20 heavy (non-hydrogen) atoms. The van der Waals surface area contributed by atoms with Gasteiger partial charge < -0.3 is 10.5 Å². The highest BCUT2D eigenvalue weighted by molar-refractivity contribution is 8.00. The van der Waals surface area contributed by atoms with Crippen LogP contribution in [0, 0.1) is 6.92 Å². The van der Waals surface area contributed by atoms with Gasteiger partial charge >= 0.3 is 0 Å². The third kappa shape index (κ3) is 3.48. The highest BCUT2D eigenvalue weighted by Crippen LogP contribution is 2.34. The van der Waals surface area contributed by atoms with Crippen LogP contribution in [0.1, 0.15) is 31.0 Å². The Kier molecular flexibility index (Phi) is 4.99. The second-order valence-corrected chi connectivity index (χ2v) is 7.86. The number of rotatable bonds is 4. The molecular formula is C16H26N2OS. The van der Waals surface area contributed by atoms with E-state index in [2.05, 4.69) is 55.6 Å². The molecule has 1 aromatic rings. The van der Waals surface area contributed by atoms with Gasteiger partial charge in [0.2, 0.25) is 0 Å². The Balaban J connectivity index is 2.21. The normalized spacial score (nSPS) is 20.6. The smallest absolute Gasteiger partial charge is 0.121 e. The average molecular weight is 294 g/mol. The summed E-state index contributed by atoms with van der Waals surface area (Å²) in [6, 6.07) is 6.72. The van der Waals surface area contributed by atoms with Crippen LogP contribution in [-0.2, 0) is 0 Å². The van der Waals surface area contributed by atoms with Crippen molar-refractivity contribution in [2.24, 2.45) is 5.73 Å². The first-order chi connectivity index (χ1) is 9.46. The first kappa shape index (κ1) is 15.7. The van der Waals surface area contributed by atoms with Crippen LogP contribution >= 0.6 is 11.8 Å². The molecule has 3 nitrogen and oxygen atoms in total. The number of hydrogen-bond donors (Lipinski definition) is 1. The SMILES string of the molecule is COc1ccc(C(CN)N2CCSC(C)(C)C2)cc1C. The van der Waals surface area contributed by atoms with E-state index in [1.165, 1.54) is 16.9 Å². The summed E-state index contributed by atoms with van der Waals surface area (Å²) in [5.41, 5.74) is 8.54. The van der Waals surface area contributed by atoms with Crippen molar-refractivity contribution >= 4 is 11.8 Å². The van der Waals surface area contributed by atoms with Gasteiger partial charge in [-0.15, -0.1) is 0 Å². The molecule has 1 aliphatic rings. The van der Waals surface area contributed by atoms with Crippen LogP contribution in [0.3, 0.4) is 0 Å². The molecular weight excluding hydrogens is 268 g/mol. The lowest BCUT2D eigenvalue weighted by Gasteiger charge is -2.41. The van der Waals surface area contributed by atoms with Gasteiger partial charge in [-0.1, -0.05) is 12.1 Å². The van der Waals surface area contributed by atoms with Gasteiger partial charge in [-0.3, -0.25) is 4.90 Å². The van der Waals surface area contributed by atoms with Crippen LogP contribution in [-0.4, -0.2) is 42.1 Å². The number of nitrogens with zero attached hydrogens (tertiary/aromatic N) is 1. The van der Waals surface area contributed by atoms with E-state index in [1.807, 2.05) is 0 Å².